The smallest absolute Gasteiger partial charge is 0.221 e. The zero-order valence-corrected chi connectivity index (χ0v) is 6.75. The van der Waals surface area contributed by atoms with Gasteiger partial charge in [-0.25, -0.2) is 15.0 Å². The van der Waals surface area contributed by atoms with Crippen molar-refractivity contribution >= 4 is 11.6 Å². The molecule has 1 fully saturated rings. The van der Waals surface area contributed by atoms with Crippen LogP contribution in [0, 0.1) is 0 Å². The van der Waals surface area contributed by atoms with Gasteiger partial charge >= 0.3 is 0 Å². The zero-order valence-electron chi connectivity index (χ0n) is 6.00. The molecule has 58 valence electrons. The standard InChI is InChI=1S/C7H8ClN3/c8-7-10-4-9-6(11-7)5-2-1-3-5/h4-5H,1-3H2. The Bertz CT molecular complexity index is 260. The first-order valence-electron chi connectivity index (χ1n) is 3.70. The zero-order chi connectivity index (χ0) is 7.68. The molecule has 2 rings (SSSR count). The average Bonchev–Trinajstić information content (AvgIpc) is 1.83. The Hall–Kier alpha value is -0.700. The summed E-state index contributed by atoms with van der Waals surface area (Å²) in [6.07, 6.45) is 5.15. The Morgan fingerprint density at radius 3 is 2.73 bits per heavy atom. The number of hydrogen-bond donors (Lipinski definition) is 0. The number of aromatic nitrogens is 3. The van der Waals surface area contributed by atoms with Crippen LogP contribution in [0.3, 0.4) is 0 Å². The predicted molar refractivity (Wildman–Crippen MR) is 41.4 cm³/mol. The minimum absolute atomic E-state index is 0.307. The molecule has 0 aliphatic heterocycles. The van der Waals surface area contributed by atoms with E-state index in [0.29, 0.717) is 11.2 Å². The van der Waals surface area contributed by atoms with Crippen LogP contribution in [0.4, 0.5) is 0 Å². The fraction of sp³-hybridized carbons (Fsp3) is 0.571. The van der Waals surface area contributed by atoms with Crippen molar-refractivity contribution in [1.29, 1.82) is 0 Å². The Labute approximate surface area is 69.8 Å². The highest BCUT2D eigenvalue weighted by Crippen LogP contribution is 2.33. The lowest BCUT2D eigenvalue weighted by atomic mass is 9.85. The fourth-order valence-electron chi connectivity index (χ4n) is 1.15. The van der Waals surface area contributed by atoms with Gasteiger partial charge in [0.05, 0.1) is 0 Å². The summed E-state index contributed by atoms with van der Waals surface area (Å²) in [5, 5.41) is 0.307. The summed E-state index contributed by atoms with van der Waals surface area (Å²) in [5.41, 5.74) is 0. The third-order valence-corrected chi connectivity index (χ3v) is 2.21. The van der Waals surface area contributed by atoms with E-state index in [1.54, 1.807) is 0 Å². The molecule has 0 aromatic carbocycles. The van der Waals surface area contributed by atoms with E-state index in [9.17, 15) is 0 Å². The second-order valence-electron chi connectivity index (χ2n) is 2.74. The molecule has 0 radical (unpaired) electrons. The van der Waals surface area contributed by atoms with Gasteiger partial charge < -0.3 is 0 Å². The summed E-state index contributed by atoms with van der Waals surface area (Å²) in [7, 11) is 0. The Kier molecular flexibility index (Phi) is 1.74. The van der Waals surface area contributed by atoms with Crippen molar-refractivity contribution in [2.45, 2.75) is 25.2 Å². The molecule has 0 spiro atoms. The van der Waals surface area contributed by atoms with Gasteiger partial charge in [-0.3, -0.25) is 0 Å². The first-order chi connectivity index (χ1) is 5.36. The summed E-state index contributed by atoms with van der Waals surface area (Å²) in [5.74, 6) is 1.40. The predicted octanol–water partition coefficient (Wildman–Crippen LogP) is 1.79. The molecule has 0 atom stereocenters. The molecular formula is C7H8ClN3. The van der Waals surface area contributed by atoms with Gasteiger partial charge in [0.25, 0.3) is 0 Å². The monoisotopic (exact) mass is 169 g/mol. The molecular weight excluding hydrogens is 162 g/mol. The summed E-state index contributed by atoms with van der Waals surface area (Å²) in [6, 6.07) is 0. The second kappa shape index (κ2) is 2.74. The van der Waals surface area contributed by atoms with Gasteiger partial charge in [-0.15, -0.1) is 0 Å². The number of nitrogens with zero attached hydrogens (tertiary/aromatic N) is 3. The van der Waals surface area contributed by atoms with Crippen LogP contribution in [0.25, 0.3) is 0 Å². The molecule has 0 unspecified atom stereocenters. The van der Waals surface area contributed by atoms with E-state index in [2.05, 4.69) is 15.0 Å². The maximum Gasteiger partial charge on any atom is 0.225 e. The molecule has 0 bridgehead atoms. The van der Waals surface area contributed by atoms with E-state index in [-0.39, 0.29) is 0 Å². The van der Waals surface area contributed by atoms with Crippen molar-refractivity contribution in [3.63, 3.8) is 0 Å². The van der Waals surface area contributed by atoms with Crippen LogP contribution in [-0.4, -0.2) is 15.0 Å². The van der Waals surface area contributed by atoms with Crippen molar-refractivity contribution in [3.05, 3.63) is 17.4 Å². The van der Waals surface area contributed by atoms with E-state index < -0.39 is 0 Å². The number of rotatable bonds is 1. The molecule has 0 N–H and O–H groups in total. The lowest BCUT2D eigenvalue weighted by Gasteiger charge is -2.22. The van der Waals surface area contributed by atoms with Gasteiger partial charge in [-0.05, 0) is 24.4 Å². The Balaban J connectivity index is 2.23. The first kappa shape index (κ1) is 6.98. The van der Waals surface area contributed by atoms with Gasteiger partial charge in [0.1, 0.15) is 12.2 Å². The van der Waals surface area contributed by atoms with Crippen molar-refractivity contribution in [1.82, 2.24) is 15.0 Å². The molecule has 1 aliphatic carbocycles. The highest BCUT2D eigenvalue weighted by atomic mass is 35.5. The topological polar surface area (TPSA) is 38.7 Å². The third kappa shape index (κ3) is 1.33. The molecule has 1 aromatic heterocycles. The van der Waals surface area contributed by atoms with Crippen LogP contribution in [0.1, 0.15) is 31.0 Å². The molecule has 1 heterocycles. The molecule has 1 aliphatic rings. The summed E-state index contributed by atoms with van der Waals surface area (Å²) >= 11 is 5.61. The maximum atomic E-state index is 5.61. The Morgan fingerprint density at radius 2 is 2.18 bits per heavy atom. The fourth-order valence-corrected chi connectivity index (χ4v) is 1.28. The minimum Gasteiger partial charge on any atom is -0.221 e. The average molecular weight is 170 g/mol. The van der Waals surface area contributed by atoms with E-state index in [1.807, 2.05) is 0 Å². The lowest BCUT2D eigenvalue weighted by molar-refractivity contribution is 0.400. The summed E-state index contributed by atoms with van der Waals surface area (Å²) in [4.78, 5) is 11.8. The van der Waals surface area contributed by atoms with Crippen LogP contribution in [0.5, 0.6) is 0 Å². The van der Waals surface area contributed by atoms with E-state index >= 15 is 0 Å². The third-order valence-electron chi connectivity index (χ3n) is 2.03. The first-order valence-corrected chi connectivity index (χ1v) is 4.08. The van der Waals surface area contributed by atoms with Gasteiger partial charge in [0.15, 0.2) is 0 Å². The van der Waals surface area contributed by atoms with E-state index in [0.717, 1.165) is 5.82 Å². The van der Waals surface area contributed by atoms with Gasteiger partial charge in [-0.2, -0.15) is 0 Å². The van der Waals surface area contributed by atoms with Gasteiger partial charge in [-0.1, -0.05) is 6.42 Å². The van der Waals surface area contributed by atoms with Crippen LogP contribution in [-0.2, 0) is 0 Å². The molecule has 0 amide bonds. The Morgan fingerprint density at radius 1 is 1.36 bits per heavy atom. The number of halogens is 1. The normalized spacial score (nSPS) is 17.9. The summed E-state index contributed by atoms with van der Waals surface area (Å²) < 4.78 is 0. The summed E-state index contributed by atoms with van der Waals surface area (Å²) in [6.45, 7) is 0. The highest BCUT2D eigenvalue weighted by Gasteiger charge is 2.22. The SMILES string of the molecule is Clc1ncnc(C2CCC2)n1. The van der Waals surface area contributed by atoms with Gasteiger partial charge in [0.2, 0.25) is 5.28 Å². The molecule has 1 saturated carbocycles. The molecule has 11 heavy (non-hydrogen) atoms. The van der Waals surface area contributed by atoms with Crippen molar-refractivity contribution < 1.29 is 0 Å². The van der Waals surface area contributed by atoms with Crippen LogP contribution in [0.2, 0.25) is 5.28 Å². The molecule has 0 saturated heterocycles. The number of hydrogen-bond acceptors (Lipinski definition) is 3. The largest absolute Gasteiger partial charge is 0.225 e. The van der Waals surface area contributed by atoms with Crippen molar-refractivity contribution in [2.24, 2.45) is 0 Å². The molecule has 3 nitrogen and oxygen atoms in total. The van der Waals surface area contributed by atoms with Crippen LogP contribution >= 0.6 is 11.6 Å². The van der Waals surface area contributed by atoms with Crippen LogP contribution < -0.4 is 0 Å². The van der Waals surface area contributed by atoms with E-state index in [1.165, 1.54) is 25.6 Å². The highest BCUT2D eigenvalue weighted by molar-refractivity contribution is 6.28. The van der Waals surface area contributed by atoms with E-state index in [4.69, 9.17) is 11.6 Å². The van der Waals surface area contributed by atoms with Crippen molar-refractivity contribution in [3.8, 4) is 0 Å². The maximum absolute atomic E-state index is 5.61. The quantitative estimate of drug-likeness (QED) is 0.644. The lowest BCUT2D eigenvalue weighted by Crippen LogP contribution is -2.12. The minimum atomic E-state index is 0.307. The molecule has 4 heteroatoms. The van der Waals surface area contributed by atoms with Crippen molar-refractivity contribution in [2.75, 3.05) is 0 Å². The molecule has 1 aromatic rings. The van der Waals surface area contributed by atoms with Crippen LogP contribution in [0.15, 0.2) is 6.33 Å². The van der Waals surface area contributed by atoms with Gasteiger partial charge in [0, 0.05) is 5.92 Å². The second-order valence-corrected chi connectivity index (χ2v) is 3.08.